The van der Waals surface area contributed by atoms with Crippen LogP contribution in [0.5, 0.6) is 5.75 Å². The number of nitrogens with zero attached hydrogens (tertiary/aromatic N) is 1. The highest BCUT2D eigenvalue weighted by atomic mass is 35.5. The summed E-state index contributed by atoms with van der Waals surface area (Å²) in [4.78, 5) is 39.5. The summed E-state index contributed by atoms with van der Waals surface area (Å²) in [6.45, 7) is 0. The van der Waals surface area contributed by atoms with E-state index >= 15 is 0 Å². The number of para-hydroxylation sites is 2. The number of benzene rings is 2. The first kappa shape index (κ1) is 19.0. The van der Waals surface area contributed by atoms with Crippen LogP contribution in [0.4, 0.5) is 5.69 Å². The number of rotatable bonds is 3. The lowest BCUT2D eigenvalue weighted by atomic mass is 9.81. The molecule has 2 aliphatic rings. The fraction of sp³-hybridized carbons (Fsp3) is 0.286. The number of imide groups is 1. The summed E-state index contributed by atoms with van der Waals surface area (Å²) in [6, 6.07) is 11.0. The van der Waals surface area contributed by atoms with E-state index in [2.05, 4.69) is 0 Å². The molecule has 2 amide bonds. The first-order valence-corrected chi connectivity index (χ1v) is 9.87. The molecule has 0 radical (unpaired) electrons. The zero-order valence-electron chi connectivity index (χ0n) is 14.9. The number of hydrogen-bond acceptors (Lipinski definition) is 4. The van der Waals surface area contributed by atoms with E-state index in [1.165, 1.54) is 23.1 Å². The van der Waals surface area contributed by atoms with Crippen molar-refractivity contribution in [2.24, 2.45) is 11.8 Å². The molecule has 2 atom stereocenters. The zero-order valence-corrected chi connectivity index (χ0v) is 16.4. The summed E-state index contributed by atoms with van der Waals surface area (Å²) in [5.74, 6) is -1.55. The third-order valence-electron chi connectivity index (χ3n) is 5.30. The Balaban J connectivity index is 1.65. The van der Waals surface area contributed by atoms with Crippen LogP contribution in [0.1, 0.15) is 36.0 Å². The highest BCUT2D eigenvalue weighted by Gasteiger charge is 2.49. The van der Waals surface area contributed by atoms with Crippen molar-refractivity contribution in [1.29, 1.82) is 0 Å². The van der Waals surface area contributed by atoms with Crippen molar-refractivity contribution in [2.75, 3.05) is 4.90 Å². The molecule has 1 aliphatic carbocycles. The Kier molecular flexibility index (Phi) is 5.13. The summed E-state index contributed by atoms with van der Waals surface area (Å²) in [7, 11) is 0. The number of anilines is 1. The van der Waals surface area contributed by atoms with Crippen LogP contribution < -0.4 is 9.64 Å². The van der Waals surface area contributed by atoms with Gasteiger partial charge in [-0.1, -0.05) is 48.2 Å². The predicted octanol–water partition coefficient (Wildman–Crippen LogP) is 4.89. The Morgan fingerprint density at radius 3 is 2.25 bits per heavy atom. The van der Waals surface area contributed by atoms with Gasteiger partial charge in [0.1, 0.15) is 0 Å². The Labute approximate surface area is 172 Å². The molecule has 1 saturated carbocycles. The molecule has 0 bridgehead atoms. The molecule has 2 aromatic carbocycles. The monoisotopic (exact) mass is 417 g/mol. The highest BCUT2D eigenvalue weighted by molar-refractivity contribution is 6.36. The lowest BCUT2D eigenvalue weighted by Crippen LogP contribution is -2.31. The van der Waals surface area contributed by atoms with Crippen LogP contribution >= 0.6 is 23.2 Å². The second-order valence-electron chi connectivity index (χ2n) is 6.99. The number of fused-ring (bicyclic) bond motifs is 1. The average molecular weight is 418 g/mol. The van der Waals surface area contributed by atoms with E-state index in [4.69, 9.17) is 27.9 Å². The molecule has 4 rings (SSSR count). The van der Waals surface area contributed by atoms with Crippen molar-refractivity contribution in [3.63, 3.8) is 0 Å². The van der Waals surface area contributed by atoms with Gasteiger partial charge in [0.2, 0.25) is 11.8 Å². The number of amides is 2. The van der Waals surface area contributed by atoms with Crippen LogP contribution in [-0.4, -0.2) is 17.8 Å². The van der Waals surface area contributed by atoms with E-state index < -0.39 is 5.97 Å². The second kappa shape index (κ2) is 7.57. The minimum Gasteiger partial charge on any atom is -0.421 e. The van der Waals surface area contributed by atoms with Crippen molar-refractivity contribution in [3.05, 3.63) is 58.1 Å². The van der Waals surface area contributed by atoms with Crippen LogP contribution in [0, 0.1) is 11.8 Å². The third kappa shape index (κ3) is 3.29. The predicted molar refractivity (Wildman–Crippen MR) is 106 cm³/mol. The minimum absolute atomic E-state index is 0.138. The Morgan fingerprint density at radius 1 is 0.964 bits per heavy atom. The molecule has 0 N–H and O–H groups in total. The maximum atomic E-state index is 12.9. The number of hydrogen-bond donors (Lipinski definition) is 0. The molecule has 1 aliphatic heterocycles. The minimum atomic E-state index is -0.689. The van der Waals surface area contributed by atoms with Crippen molar-refractivity contribution in [2.45, 2.75) is 25.7 Å². The Hall–Kier alpha value is -2.37. The van der Waals surface area contributed by atoms with Crippen molar-refractivity contribution < 1.29 is 19.1 Å². The van der Waals surface area contributed by atoms with E-state index in [1.807, 2.05) is 0 Å². The smallest absolute Gasteiger partial charge is 0.345 e. The standard InChI is InChI=1S/C21H17Cl2NO4/c22-12-9-10-15(16(23)11-12)21(27)28-18-8-4-3-7-17(18)24-19(25)13-5-1-2-6-14(13)20(24)26/h3-4,7-11,13-14H,1-2,5-6H2/t13-,14-/m1/s1. The Bertz CT molecular complexity index is 951. The molecule has 1 saturated heterocycles. The first-order valence-electron chi connectivity index (χ1n) is 9.11. The molecule has 0 unspecified atom stereocenters. The third-order valence-corrected chi connectivity index (χ3v) is 5.85. The van der Waals surface area contributed by atoms with Crippen molar-refractivity contribution >= 4 is 46.7 Å². The number of carbonyl (C=O) groups is 3. The SMILES string of the molecule is O=C(Oc1ccccc1N1C(=O)[C@@H]2CCCC[C@H]2C1=O)c1ccc(Cl)cc1Cl. The maximum Gasteiger partial charge on any atom is 0.345 e. The van der Waals surface area contributed by atoms with Gasteiger partial charge in [0.05, 0.1) is 28.1 Å². The normalized spacial score (nSPS) is 21.6. The molecule has 144 valence electrons. The van der Waals surface area contributed by atoms with Gasteiger partial charge in [-0.15, -0.1) is 0 Å². The summed E-state index contributed by atoms with van der Waals surface area (Å²) < 4.78 is 5.50. The van der Waals surface area contributed by atoms with Gasteiger partial charge in [0.15, 0.2) is 5.75 Å². The quantitative estimate of drug-likeness (QED) is 0.405. The van der Waals surface area contributed by atoms with Gasteiger partial charge >= 0.3 is 5.97 Å². The van der Waals surface area contributed by atoms with Gasteiger partial charge in [-0.25, -0.2) is 9.69 Å². The maximum absolute atomic E-state index is 12.9. The van der Waals surface area contributed by atoms with E-state index in [9.17, 15) is 14.4 Å². The van der Waals surface area contributed by atoms with Gasteiger partial charge in [-0.05, 0) is 43.2 Å². The van der Waals surface area contributed by atoms with Gasteiger partial charge in [-0.2, -0.15) is 0 Å². The molecule has 2 fully saturated rings. The molecule has 1 heterocycles. The van der Waals surface area contributed by atoms with Crippen molar-refractivity contribution in [1.82, 2.24) is 0 Å². The number of carbonyl (C=O) groups excluding carboxylic acids is 3. The summed E-state index contributed by atoms with van der Waals surface area (Å²) >= 11 is 11.9. The van der Waals surface area contributed by atoms with E-state index in [1.54, 1.807) is 24.3 Å². The fourth-order valence-electron chi connectivity index (χ4n) is 3.94. The molecule has 0 spiro atoms. The zero-order chi connectivity index (χ0) is 19.8. The lowest BCUT2D eigenvalue weighted by molar-refractivity contribution is -0.122. The number of ether oxygens (including phenoxy) is 1. The summed E-state index contributed by atoms with van der Waals surface area (Å²) in [6.07, 6.45) is 3.32. The van der Waals surface area contributed by atoms with Gasteiger partial charge in [0.25, 0.3) is 0 Å². The largest absolute Gasteiger partial charge is 0.421 e. The molecule has 28 heavy (non-hydrogen) atoms. The first-order chi connectivity index (χ1) is 13.5. The van der Waals surface area contributed by atoms with Crippen LogP contribution in [0.15, 0.2) is 42.5 Å². The molecule has 2 aromatic rings. The fourth-order valence-corrected chi connectivity index (χ4v) is 4.42. The average Bonchev–Trinajstić information content (AvgIpc) is 2.93. The molecular formula is C21H17Cl2NO4. The number of esters is 1. The second-order valence-corrected chi connectivity index (χ2v) is 7.83. The van der Waals surface area contributed by atoms with Gasteiger partial charge in [-0.3, -0.25) is 9.59 Å². The van der Waals surface area contributed by atoms with E-state index in [0.29, 0.717) is 17.9 Å². The molecular weight excluding hydrogens is 401 g/mol. The van der Waals surface area contributed by atoms with Crippen LogP contribution in [0.2, 0.25) is 10.0 Å². The Morgan fingerprint density at radius 2 is 1.61 bits per heavy atom. The molecule has 0 aromatic heterocycles. The summed E-state index contributed by atoms with van der Waals surface area (Å²) in [5, 5.41) is 0.562. The topological polar surface area (TPSA) is 63.7 Å². The highest BCUT2D eigenvalue weighted by Crippen LogP contribution is 2.42. The number of halogens is 2. The van der Waals surface area contributed by atoms with Gasteiger partial charge < -0.3 is 4.74 Å². The van der Waals surface area contributed by atoms with Crippen LogP contribution in [0.3, 0.4) is 0 Å². The van der Waals surface area contributed by atoms with E-state index in [-0.39, 0.29) is 45.7 Å². The van der Waals surface area contributed by atoms with Crippen molar-refractivity contribution in [3.8, 4) is 5.75 Å². The van der Waals surface area contributed by atoms with Gasteiger partial charge in [0, 0.05) is 5.02 Å². The van der Waals surface area contributed by atoms with E-state index in [0.717, 1.165) is 12.8 Å². The lowest BCUT2D eigenvalue weighted by Gasteiger charge is -2.19. The van der Waals surface area contributed by atoms with Crippen LogP contribution in [-0.2, 0) is 9.59 Å². The summed E-state index contributed by atoms with van der Waals surface area (Å²) in [5.41, 5.74) is 0.430. The van der Waals surface area contributed by atoms with Crippen LogP contribution in [0.25, 0.3) is 0 Å². The molecule has 5 nitrogen and oxygen atoms in total. The molecule has 7 heteroatoms.